The molecule has 0 aromatic rings. The van der Waals surface area contributed by atoms with Gasteiger partial charge in [-0.15, -0.1) is 0 Å². The van der Waals surface area contributed by atoms with Crippen molar-refractivity contribution in [3.63, 3.8) is 0 Å². The molecule has 0 aliphatic carbocycles. The van der Waals surface area contributed by atoms with Gasteiger partial charge in [0.25, 0.3) is 0 Å². The van der Waals surface area contributed by atoms with Crippen molar-refractivity contribution in [3.05, 3.63) is 0 Å². The van der Waals surface area contributed by atoms with Crippen LogP contribution in [0.2, 0.25) is 0 Å². The summed E-state index contributed by atoms with van der Waals surface area (Å²) in [5.41, 5.74) is 0. The summed E-state index contributed by atoms with van der Waals surface area (Å²) >= 11 is 0. The van der Waals surface area contributed by atoms with Crippen LogP contribution in [-0.4, -0.2) is 13.6 Å². The summed E-state index contributed by atoms with van der Waals surface area (Å²) in [4.78, 5) is 0. The van der Waals surface area contributed by atoms with Crippen LogP contribution in [0, 0.1) is 17.2 Å². The van der Waals surface area contributed by atoms with Crippen molar-refractivity contribution in [2.75, 3.05) is 13.6 Å². The summed E-state index contributed by atoms with van der Waals surface area (Å²) < 4.78 is 0. The van der Waals surface area contributed by atoms with E-state index in [9.17, 15) is 0 Å². The predicted molar refractivity (Wildman–Crippen MR) is 56.4 cm³/mol. The Balaban J connectivity index is 3.48. The normalized spacial score (nSPS) is 12.4. The van der Waals surface area contributed by atoms with Crippen molar-refractivity contribution >= 4 is 0 Å². The monoisotopic (exact) mass is 182 g/mol. The molecule has 0 heterocycles. The molecule has 0 radical (unpaired) electrons. The summed E-state index contributed by atoms with van der Waals surface area (Å²) in [6.45, 7) is 3.34. The maximum Gasteiger partial charge on any atom is 0.0621 e. The van der Waals surface area contributed by atoms with Crippen molar-refractivity contribution in [1.82, 2.24) is 5.32 Å². The van der Waals surface area contributed by atoms with Gasteiger partial charge >= 0.3 is 0 Å². The molecule has 0 aliphatic heterocycles. The van der Waals surface area contributed by atoms with Gasteiger partial charge in [0.15, 0.2) is 0 Å². The van der Waals surface area contributed by atoms with Crippen LogP contribution in [0.15, 0.2) is 0 Å². The van der Waals surface area contributed by atoms with E-state index in [4.69, 9.17) is 5.26 Å². The Morgan fingerprint density at radius 2 is 2.08 bits per heavy atom. The Morgan fingerprint density at radius 1 is 1.31 bits per heavy atom. The molecule has 2 nitrogen and oxygen atoms in total. The molecule has 0 aromatic carbocycles. The lowest BCUT2D eigenvalue weighted by molar-refractivity contribution is 0.401. The summed E-state index contributed by atoms with van der Waals surface area (Å²) in [7, 11) is 2.00. The maximum atomic E-state index is 8.42. The van der Waals surface area contributed by atoms with Crippen LogP contribution < -0.4 is 5.32 Å². The fourth-order valence-corrected chi connectivity index (χ4v) is 1.66. The molecule has 1 atom stereocenters. The summed E-state index contributed by atoms with van der Waals surface area (Å²) in [6.07, 6.45) is 6.86. The van der Waals surface area contributed by atoms with Gasteiger partial charge in [0, 0.05) is 6.42 Å². The van der Waals surface area contributed by atoms with E-state index >= 15 is 0 Å². The number of nitrogens with one attached hydrogen (secondary N) is 1. The van der Waals surface area contributed by atoms with Crippen LogP contribution in [0.4, 0.5) is 0 Å². The van der Waals surface area contributed by atoms with Crippen LogP contribution in [0.1, 0.15) is 45.4 Å². The smallest absolute Gasteiger partial charge is 0.0621 e. The molecule has 0 bridgehead atoms. The SMILES string of the molecule is CCCC(CCCC#N)CCNC. The van der Waals surface area contributed by atoms with E-state index < -0.39 is 0 Å². The number of unbranched alkanes of at least 4 members (excludes halogenated alkanes) is 1. The molecule has 0 saturated carbocycles. The minimum absolute atomic E-state index is 0.722. The van der Waals surface area contributed by atoms with Gasteiger partial charge in [-0.2, -0.15) is 5.26 Å². The van der Waals surface area contributed by atoms with E-state index in [1.807, 2.05) is 7.05 Å². The molecule has 1 unspecified atom stereocenters. The van der Waals surface area contributed by atoms with Crippen LogP contribution in [0.3, 0.4) is 0 Å². The molecular formula is C11H22N2. The van der Waals surface area contributed by atoms with Crippen LogP contribution in [0.5, 0.6) is 0 Å². The highest BCUT2D eigenvalue weighted by Gasteiger charge is 2.06. The molecule has 13 heavy (non-hydrogen) atoms. The number of nitriles is 1. The van der Waals surface area contributed by atoms with Crippen molar-refractivity contribution in [1.29, 1.82) is 5.26 Å². The van der Waals surface area contributed by atoms with E-state index in [0.717, 1.165) is 25.3 Å². The molecule has 0 aromatic heterocycles. The summed E-state index contributed by atoms with van der Waals surface area (Å²) in [6, 6.07) is 2.21. The lowest BCUT2D eigenvalue weighted by Gasteiger charge is -2.14. The van der Waals surface area contributed by atoms with Crippen LogP contribution in [0.25, 0.3) is 0 Å². The zero-order valence-electron chi connectivity index (χ0n) is 8.97. The van der Waals surface area contributed by atoms with Crippen molar-refractivity contribution in [3.8, 4) is 6.07 Å². The van der Waals surface area contributed by atoms with E-state index in [0.29, 0.717) is 0 Å². The summed E-state index contributed by atoms with van der Waals surface area (Å²) in [5, 5.41) is 11.6. The third-order valence-corrected chi connectivity index (χ3v) is 2.40. The van der Waals surface area contributed by atoms with Gasteiger partial charge in [0.2, 0.25) is 0 Å². The average Bonchev–Trinajstić information content (AvgIpc) is 2.14. The fourth-order valence-electron chi connectivity index (χ4n) is 1.66. The zero-order valence-corrected chi connectivity index (χ0v) is 8.97. The van der Waals surface area contributed by atoms with Gasteiger partial charge in [0.1, 0.15) is 0 Å². The first-order valence-electron chi connectivity index (χ1n) is 5.36. The standard InChI is InChI=1S/C11H22N2/c1-3-6-11(8-10-13-2)7-4-5-9-12/h11,13H,3-8,10H2,1-2H3. The number of hydrogen-bond donors (Lipinski definition) is 1. The first-order valence-corrected chi connectivity index (χ1v) is 5.36. The number of nitrogens with zero attached hydrogens (tertiary/aromatic N) is 1. The Bertz CT molecular complexity index is 138. The molecule has 0 rings (SSSR count). The molecule has 0 fully saturated rings. The van der Waals surface area contributed by atoms with E-state index in [-0.39, 0.29) is 0 Å². The minimum atomic E-state index is 0.722. The lowest BCUT2D eigenvalue weighted by atomic mass is 9.94. The van der Waals surface area contributed by atoms with Crippen LogP contribution in [-0.2, 0) is 0 Å². The van der Waals surface area contributed by atoms with Gasteiger partial charge in [-0.25, -0.2) is 0 Å². The van der Waals surface area contributed by atoms with Crippen molar-refractivity contribution in [2.45, 2.75) is 45.4 Å². The Labute approximate surface area is 82.3 Å². The van der Waals surface area contributed by atoms with E-state index in [1.165, 1.54) is 25.7 Å². The quantitative estimate of drug-likeness (QED) is 0.586. The van der Waals surface area contributed by atoms with Crippen molar-refractivity contribution < 1.29 is 0 Å². The molecule has 0 aliphatic rings. The molecule has 76 valence electrons. The second-order valence-electron chi connectivity index (χ2n) is 3.60. The summed E-state index contributed by atoms with van der Waals surface area (Å²) in [5.74, 6) is 0.825. The highest BCUT2D eigenvalue weighted by molar-refractivity contribution is 4.70. The van der Waals surface area contributed by atoms with E-state index in [1.54, 1.807) is 0 Å². The first kappa shape index (κ1) is 12.4. The highest BCUT2D eigenvalue weighted by atomic mass is 14.8. The molecule has 0 saturated heterocycles. The highest BCUT2D eigenvalue weighted by Crippen LogP contribution is 2.17. The lowest BCUT2D eigenvalue weighted by Crippen LogP contribution is -2.13. The van der Waals surface area contributed by atoms with Gasteiger partial charge in [-0.05, 0) is 38.8 Å². The Morgan fingerprint density at radius 3 is 2.62 bits per heavy atom. The Hall–Kier alpha value is -0.550. The van der Waals surface area contributed by atoms with E-state index in [2.05, 4.69) is 18.3 Å². The number of rotatable bonds is 8. The van der Waals surface area contributed by atoms with Gasteiger partial charge < -0.3 is 5.32 Å². The second-order valence-corrected chi connectivity index (χ2v) is 3.60. The van der Waals surface area contributed by atoms with Gasteiger partial charge in [-0.3, -0.25) is 0 Å². The molecule has 1 N–H and O–H groups in total. The van der Waals surface area contributed by atoms with Crippen molar-refractivity contribution in [2.24, 2.45) is 5.92 Å². The minimum Gasteiger partial charge on any atom is -0.320 e. The number of hydrogen-bond acceptors (Lipinski definition) is 2. The maximum absolute atomic E-state index is 8.42. The predicted octanol–water partition coefficient (Wildman–Crippen LogP) is 2.71. The third-order valence-electron chi connectivity index (χ3n) is 2.40. The molecule has 2 heteroatoms. The first-order chi connectivity index (χ1) is 6.35. The molecule has 0 spiro atoms. The largest absolute Gasteiger partial charge is 0.320 e. The topological polar surface area (TPSA) is 35.8 Å². The fraction of sp³-hybridized carbons (Fsp3) is 0.909. The van der Waals surface area contributed by atoms with Gasteiger partial charge in [-0.1, -0.05) is 19.8 Å². The van der Waals surface area contributed by atoms with Crippen LogP contribution >= 0.6 is 0 Å². The molecular weight excluding hydrogens is 160 g/mol. The zero-order chi connectivity index (χ0) is 9.94. The third kappa shape index (κ3) is 7.80. The Kier molecular flexibility index (Phi) is 9.13. The average molecular weight is 182 g/mol. The second kappa shape index (κ2) is 9.54. The van der Waals surface area contributed by atoms with Gasteiger partial charge in [0.05, 0.1) is 6.07 Å². The molecule has 0 amide bonds.